The Kier molecular flexibility index (Phi) is 11.1. The lowest BCUT2D eigenvalue weighted by Gasteiger charge is -2.11. The summed E-state index contributed by atoms with van der Waals surface area (Å²) in [6, 6.07) is 9.40. The van der Waals surface area contributed by atoms with Gasteiger partial charge in [0.1, 0.15) is 6.54 Å². The molecule has 0 radical (unpaired) electrons. The highest BCUT2D eigenvalue weighted by atomic mass is 127. The Morgan fingerprint density at radius 1 is 1.25 bits per heavy atom. The second kappa shape index (κ2) is 12.8. The van der Waals surface area contributed by atoms with E-state index in [2.05, 4.69) is 55.9 Å². The number of hydrogen-bond donors (Lipinski definition) is 3. The molecular weight excluding hydrogens is 537 g/mol. The normalized spacial score (nSPS) is 11.1. The van der Waals surface area contributed by atoms with Gasteiger partial charge >= 0.3 is 0 Å². The molecule has 0 fully saturated rings. The maximum atomic E-state index is 12.0. The van der Waals surface area contributed by atoms with Crippen LogP contribution in [0.5, 0.6) is 0 Å². The third-order valence-electron chi connectivity index (χ3n) is 3.68. The first-order chi connectivity index (χ1) is 13.0. The molecule has 0 atom stereocenters. The molecule has 0 aliphatic carbocycles. The summed E-state index contributed by atoms with van der Waals surface area (Å²) in [5, 5.41) is 13.2. The molecule has 0 bridgehead atoms. The van der Waals surface area contributed by atoms with E-state index in [4.69, 9.17) is 4.52 Å². The van der Waals surface area contributed by atoms with Crippen LogP contribution in [0.2, 0.25) is 0 Å². The number of carbonyl (C=O) groups excluding carboxylic acids is 1. The van der Waals surface area contributed by atoms with E-state index in [-0.39, 0.29) is 29.9 Å². The van der Waals surface area contributed by atoms with Crippen molar-refractivity contribution >= 4 is 57.5 Å². The van der Waals surface area contributed by atoms with Gasteiger partial charge in [0.25, 0.3) is 0 Å². The molecule has 154 valence electrons. The Morgan fingerprint density at radius 2 is 1.96 bits per heavy atom. The molecule has 0 saturated heterocycles. The van der Waals surface area contributed by atoms with Gasteiger partial charge in [0.2, 0.25) is 5.91 Å². The maximum absolute atomic E-state index is 12.0. The van der Waals surface area contributed by atoms with Crippen molar-refractivity contribution in [3.05, 3.63) is 46.3 Å². The van der Waals surface area contributed by atoms with Crippen LogP contribution in [0, 0.1) is 0 Å². The van der Waals surface area contributed by atoms with E-state index in [1.165, 1.54) is 0 Å². The van der Waals surface area contributed by atoms with Gasteiger partial charge in [0.15, 0.2) is 11.7 Å². The van der Waals surface area contributed by atoms with Gasteiger partial charge in [-0.2, -0.15) is 0 Å². The van der Waals surface area contributed by atoms with E-state index in [0.29, 0.717) is 37.1 Å². The molecule has 9 heteroatoms. The molecule has 2 rings (SSSR count). The largest absolute Gasteiger partial charge is 0.359 e. The van der Waals surface area contributed by atoms with Gasteiger partial charge in [-0.1, -0.05) is 34.9 Å². The van der Waals surface area contributed by atoms with Crippen LogP contribution in [-0.2, 0) is 11.3 Å². The number of carbonyl (C=O) groups is 1. The monoisotopic (exact) mass is 563 g/mol. The van der Waals surface area contributed by atoms with Crippen molar-refractivity contribution in [3.8, 4) is 0 Å². The van der Waals surface area contributed by atoms with Crippen LogP contribution in [0.25, 0.3) is 0 Å². The number of amides is 1. The molecule has 0 spiro atoms. The quantitative estimate of drug-likeness (QED) is 0.253. The number of guanidine groups is 1. The third-order valence-corrected chi connectivity index (χ3v) is 4.21. The Bertz CT molecular complexity index is 762. The number of nitrogens with zero attached hydrogens (tertiary/aromatic N) is 2. The summed E-state index contributed by atoms with van der Waals surface area (Å²) in [7, 11) is 0. The number of nitrogens with one attached hydrogen (secondary N) is 3. The van der Waals surface area contributed by atoms with Gasteiger partial charge in [-0.25, -0.2) is 4.99 Å². The van der Waals surface area contributed by atoms with E-state index < -0.39 is 0 Å². The smallest absolute Gasteiger partial charge is 0.226 e. The van der Waals surface area contributed by atoms with E-state index >= 15 is 0 Å². The molecule has 1 aromatic carbocycles. The van der Waals surface area contributed by atoms with Crippen LogP contribution in [0.15, 0.2) is 44.3 Å². The lowest BCUT2D eigenvalue weighted by atomic mass is 10.1. The minimum Gasteiger partial charge on any atom is -0.359 e. The predicted molar refractivity (Wildman–Crippen MR) is 126 cm³/mol. The molecule has 0 aliphatic rings. The lowest BCUT2D eigenvalue weighted by molar-refractivity contribution is -0.116. The first kappa shape index (κ1) is 24.4. The zero-order chi connectivity index (χ0) is 19.6. The van der Waals surface area contributed by atoms with Crippen LogP contribution in [0.3, 0.4) is 0 Å². The van der Waals surface area contributed by atoms with Gasteiger partial charge in [0, 0.05) is 35.7 Å². The highest BCUT2D eigenvalue weighted by Gasteiger charge is 2.08. The molecule has 0 unspecified atom stereocenters. The summed E-state index contributed by atoms with van der Waals surface area (Å²) >= 11 is 3.37. The van der Waals surface area contributed by atoms with Crippen molar-refractivity contribution in [2.45, 2.75) is 39.7 Å². The highest BCUT2D eigenvalue weighted by Crippen LogP contribution is 2.15. The molecule has 1 heterocycles. The third kappa shape index (κ3) is 8.59. The molecular formula is C19H27BrIN5O2. The number of anilines is 1. The Labute approximate surface area is 191 Å². The molecule has 0 aliphatic heterocycles. The van der Waals surface area contributed by atoms with Crippen molar-refractivity contribution in [1.29, 1.82) is 0 Å². The molecule has 0 saturated carbocycles. The summed E-state index contributed by atoms with van der Waals surface area (Å²) in [4.78, 5) is 16.5. The van der Waals surface area contributed by atoms with Gasteiger partial charge in [-0.05, 0) is 37.1 Å². The lowest BCUT2D eigenvalue weighted by Crippen LogP contribution is -2.38. The van der Waals surface area contributed by atoms with E-state index in [1.54, 1.807) is 0 Å². The van der Waals surface area contributed by atoms with Gasteiger partial charge < -0.3 is 20.5 Å². The molecule has 7 nitrogen and oxygen atoms in total. The van der Waals surface area contributed by atoms with Crippen molar-refractivity contribution in [3.63, 3.8) is 0 Å². The molecule has 1 aromatic heterocycles. The van der Waals surface area contributed by atoms with Crippen molar-refractivity contribution in [2.24, 2.45) is 4.99 Å². The number of aromatic nitrogens is 1. The molecule has 2 aromatic rings. The highest BCUT2D eigenvalue weighted by molar-refractivity contribution is 14.0. The van der Waals surface area contributed by atoms with Crippen molar-refractivity contribution < 1.29 is 9.32 Å². The predicted octanol–water partition coefficient (Wildman–Crippen LogP) is 4.26. The van der Waals surface area contributed by atoms with Gasteiger partial charge in [-0.3, -0.25) is 4.79 Å². The number of rotatable bonds is 8. The van der Waals surface area contributed by atoms with E-state index in [1.807, 2.05) is 37.3 Å². The molecule has 3 N–H and O–H groups in total. The van der Waals surface area contributed by atoms with Crippen LogP contribution in [-0.4, -0.2) is 30.1 Å². The van der Waals surface area contributed by atoms with Crippen LogP contribution in [0.1, 0.15) is 44.6 Å². The topological polar surface area (TPSA) is 91.6 Å². The summed E-state index contributed by atoms with van der Waals surface area (Å²) in [5.41, 5.74) is 1.69. The Hall–Kier alpha value is -1.62. The van der Waals surface area contributed by atoms with E-state index in [9.17, 15) is 4.79 Å². The minimum absolute atomic E-state index is 0. The first-order valence-corrected chi connectivity index (χ1v) is 9.80. The zero-order valence-corrected chi connectivity index (χ0v) is 20.2. The average molecular weight is 564 g/mol. The van der Waals surface area contributed by atoms with E-state index in [0.717, 1.165) is 22.4 Å². The fourth-order valence-electron chi connectivity index (χ4n) is 2.23. The molecule has 1 amide bonds. The van der Waals surface area contributed by atoms with Crippen molar-refractivity contribution in [2.75, 3.05) is 18.4 Å². The minimum atomic E-state index is -0.0579. The number of benzene rings is 1. The maximum Gasteiger partial charge on any atom is 0.226 e. The number of aliphatic imine (C=N–C) groups is 1. The van der Waals surface area contributed by atoms with Gasteiger partial charge in [-0.15, -0.1) is 24.0 Å². The van der Waals surface area contributed by atoms with Gasteiger partial charge in [0.05, 0.1) is 5.69 Å². The summed E-state index contributed by atoms with van der Waals surface area (Å²) in [5.74, 6) is 1.61. The van der Waals surface area contributed by atoms with Crippen LogP contribution in [0.4, 0.5) is 5.69 Å². The summed E-state index contributed by atoms with van der Waals surface area (Å²) in [6.07, 6.45) is 0.334. The standard InChI is InChI=1S/C19H26BrN5O2.HI/c1-4-21-19(23-12-16-11-17(13(2)3)25-27-16)22-10-9-18(26)24-15-7-5-14(20)6-8-15;/h5-8,11,13H,4,9-10,12H2,1-3H3,(H,24,26)(H2,21,22,23);1H. The SMILES string of the molecule is CCNC(=NCc1cc(C(C)C)no1)NCCC(=O)Nc1ccc(Br)cc1.I. The number of halogens is 2. The summed E-state index contributed by atoms with van der Waals surface area (Å²) in [6.45, 7) is 7.71. The van der Waals surface area contributed by atoms with Crippen LogP contribution >= 0.6 is 39.9 Å². The Morgan fingerprint density at radius 3 is 2.57 bits per heavy atom. The van der Waals surface area contributed by atoms with Crippen molar-refractivity contribution in [1.82, 2.24) is 15.8 Å². The molecule has 28 heavy (non-hydrogen) atoms. The average Bonchev–Trinajstić information content (AvgIpc) is 3.11. The summed E-state index contributed by atoms with van der Waals surface area (Å²) < 4.78 is 6.26. The first-order valence-electron chi connectivity index (χ1n) is 9.01. The van der Waals surface area contributed by atoms with Crippen LogP contribution < -0.4 is 16.0 Å². The fraction of sp³-hybridized carbons (Fsp3) is 0.421. The Balaban J connectivity index is 0.00000392. The fourth-order valence-corrected chi connectivity index (χ4v) is 2.49. The second-order valence-corrected chi connectivity index (χ2v) is 7.22. The zero-order valence-electron chi connectivity index (χ0n) is 16.3. The number of hydrogen-bond acceptors (Lipinski definition) is 4. The second-order valence-electron chi connectivity index (χ2n) is 6.30.